The normalized spacial score (nSPS) is 20.6. The van der Waals surface area contributed by atoms with Crippen LogP contribution in [0.15, 0.2) is 17.5 Å². The van der Waals surface area contributed by atoms with Crippen LogP contribution in [-0.4, -0.2) is 40.9 Å². The van der Waals surface area contributed by atoms with Crippen LogP contribution in [0.3, 0.4) is 0 Å². The first-order chi connectivity index (χ1) is 8.18. The molecule has 1 saturated heterocycles. The molecular formula is C12H15NO3S. The van der Waals surface area contributed by atoms with Gasteiger partial charge in [0.15, 0.2) is 5.78 Å². The van der Waals surface area contributed by atoms with Gasteiger partial charge in [0.05, 0.1) is 4.88 Å². The first-order valence-corrected chi connectivity index (χ1v) is 6.60. The molecule has 2 heterocycles. The van der Waals surface area contributed by atoms with Gasteiger partial charge in [0.2, 0.25) is 0 Å². The number of nitrogens with zero attached hydrogens (tertiary/aromatic N) is 1. The molecule has 1 aromatic heterocycles. The first-order valence-electron chi connectivity index (χ1n) is 5.72. The van der Waals surface area contributed by atoms with Gasteiger partial charge in [-0.2, -0.15) is 0 Å². The van der Waals surface area contributed by atoms with Crippen LogP contribution in [0, 0.1) is 0 Å². The van der Waals surface area contributed by atoms with Gasteiger partial charge >= 0.3 is 5.97 Å². The molecule has 92 valence electrons. The molecule has 0 aromatic carbocycles. The standard InChI is InChI=1S/C12H15NO3S/c14-10(11-4-2-8-17-11)5-7-13-6-1-3-9(13)12(15)16/h2,4,8-9H,1,3,5-7H2,(H,15,16)/t9-/m1/s1. The number of carboxylic acid groups (broad SMARTS) is 1. The van der Waals surface area contributed by atoms with Crippen molar-refractivity contribution in [2.45, 2.75) is 25.3 Å². The molecule has 1 atom stereocenters. The number of rotatable bonds is 5. The Morgan fingerprint density at radius 3 is 3.00 bits per heavy atom. The molecule has 0 radical (unpaired) electrons. The molecule has 2 rings (SSSR count). The van der Waals surface area contributed by atoms with Gasteiger partial charge in [-0.1, -0.05) is 6.07 Å². The molecule has 0 unspecified atom stereocenters. The summed E-state index contributed by atoms with van der Waals surface area (Å²) in [7, 11) is 0. The molecule has 1 N–H and O–H groups in total. The fraction of sp³-hybridized carbons (Fsp3) is 0.500. The van der Waals surface area contributed by atoms with Crippen LogP contribution >= 0.6 is 11.3 Å². The van der Waals surface area contributed by atoms with E-state index in [1.54, 1.807) is 0 Å². The second kappa shape index (κ2) is 5.42. The van der Waals surface area contributed by atoms with Crippen LogP contribution in [0.5, 0.6) is 0 Å². The Bertz CT molecular complexity index is 402. The van der Waals surface area contributed by atoms with Crippen molar-refractivity contribution in [2.24, 2.45) is 0 Å². The Hall–Kier alpha value is -1.20. The highest BCUT2D eigenvalue weighted by atomic mass is 32.1. The summed E-state index contributed by atoms with van der Waals surface area (Å²) in [6.45, 7) is 1.34. The van der Waals surface area contributed by atoms with Gasteiger partial charge in [0.1, 0.15) is 6.04 Å². The van der Waals surface area contributed by atoms with Crippen LogP contribution < -0.4 is 0 Å². The van der Waals surface area contributed by atoms with E-state index in [9.17, 15) is 9.59 Å². The summed E-state index contributed by atoms with van der Waals surface area (Å²) in [5.41, 5.74) is 0. The van der Waals surface area contributed by atoms with Crippen molar-refractivity contribution in [3.63, 3.8) is 0 Å². The molecule has 0 spiro atoms. The third kappa shape index (κ3) is 2.92. The van der Waals surface area contributed by atoms with Crippen molar-refractivity contribution in [3.05, 3.63) is 22.4 Å². The van der Waals surface area contributed by atoms with Crippen LogP contribution in [0.2, 0.25) is 0 Å². The van der Waals surface area contributed by atoms with Crippen molar-refractivity contribution in [1.82, 2.24) is 4.90 Å². The van der Waals surface area contributed by atoms with Gasteiger partial charge in [-0.05, 0) is 30.8 Å². The minimum absolute atomic E-state index is 0.107. The zero-order valence-corrected chi connectivity index (χ0v) is 10.3. The average Bonchev–Trinajstić information content (AvgIpc) is 2.96. The molecule has 0 bridgehead atoms. The Labute approximate surface area is 104 Å². The topological polar surface area (TPSA) is 57.6 Å². The number of likely N-dealkylation sites (tertiary alicyclic amines) is 1. The number of hydrogen-bond acceptors (Lipinski definition) is 4. The van der Waals surface area contributed by atoms with Crippen LogP contribution in [0.4, 0.5) is 0 Å². The molecule has 0 saturated carbocycles. The van der Waals surface area contributed by atoms with Gasteiger partial charge in [0, 0.05) is 13.0 Å². The SMILES string of the molecule is O=C(CCN1CCC[C@@H]1C(=O)O)c1cccs1. The second-order valence-electron chi connectivity index (χ2n) is 4.18. The van der Waals surface area contributed by atoms with Crippen molar-refractivity contribution in [3.8, 4) is 0 Å². The number of Topliss-reactive ketones (excluding diaryl/α,β-unsaturated/α-hetero) is 1. The maximum absolute atomic E-state index is 11.8. The highest BCUT2D eigenvalue weighted by Gasteiger charge is 2.30. The lowest BCUT2D eigenvalue weighted by molar-refractivity contribution is -0.142. The predicted molar refractivity (Wildman–Crippen MR) is 65.5 cm³/mol. The average molecular weight is 253 g/mol. The van der Waals surface area contributed by atoms with Gasteiger partial charge in [0.25, 0.3) is 0 Å². The number of hydrogen-bond donors (Lipinski definition) is 1. The number of thiophene rings is 1. The minimum atomic E-state index is -0.772. The molecule has 4 nitrogen and oxygen atoms in total. The summed E-state index contributed by atoms with van der Waals surface area (Å²) in [6, 6.07) is 3.27. The van der Waals surface area contributed by atoms with E-state index in [1.807, 2.05) is 22.4 Å². The fourth-order valence-electron chi connectivity index (χ4n) is 2.18. The maximum Gasteiger partial charge on any atom is 0.320 e. The van der Waals surface area contributed by atoms with E-state index in [0.717, 1.165) is 17.8 Å². The lowest BCUT2D eigenvalue weighted by Crippen LogP contribution is -2.37. The summed E-state index contributed by atoms with van der Waals surface area (Å²) in [6.07, 6.45) is 2.01. The van der Waals surface area contributed by atoms with Gasteiger partial charge in [-0.15, -0.1) is 11.3 Å². The molecule has 1 aromatic rings. The van der Waals surface area contributed by atoms with Crippen molar-refractivity contribution in [1.29, 1.82) is 0 Å². The third-order valence-electron chi connectivity index (χ3n) is 3.07. The highest BCUT2D eigenvalue weighted by Crippen LogP contribution is 2.19. The Kier molecular flexibility index (Phi) is 3.91. The van der Waals surface area contributed by atoms with Crippen molar-refractivity contribution >= 4 is 23.1 Å². The van der Waals surface area contributed by atoms with E-state index in [1.165, 1.54) is 11.3 Å². The van der Waals surface area contributed by atoms with E-state index in [4.69, 9.17) is 5.11 Å². The summed E-state index contributed by atoms with van der Waals surface area (Å²) in [5, 5.41) is 10.9. The summed E-state index contributed by atoms with van der Waals surface area (Å²) < 4.78 is 0. The largest absolute Gasteiger partial charge is 0.480 e. The number of carboxylic acids is 1. The monoisotopic (exact) mass is 253 g/mol. The number of carbonyl (C=O) groups is 2. The smallest absolute Gasteiger partial charge is 0.320 e. The molecule has 5 heteroatoms. The van der Waals surface area contributed by atoms with Gasteiger partial charge < -0.3 is 5.11 Å². The Morgan fingerprint density at radius 1 is 1.53 bits per heavy atom. The molecule has 1 aliphatic rings. The Morgan fingerprint density at radius 2 is 2.35 bits per heavy atom. The minimum Gasteiger partial charge on any atom is -0.480 e. The Balaban J connectivity index is 1.86. The van der Waals surface area contributed by atoms with Crippen LogP contribution in [0.25, 0.3) is 0 Å². The van der Waals surface area contributed by atoms with Gasteiger partial charge in [-0.3, -0.25) is 14.5 Å². The molecule has 0 amide bonds. The molecule has 0 aliphatic carbocycles. The molecule has 1 fully saturated rings. The first kappa shape index (κ1) is 12.3. The molecular weight excluding hydrogens is 238 g/mol. The second-order valence-corrected chi connectivity index (χ2v) is 5.13. The fourth-order valence-corrected chi connectivity index (χ4v) is 2.87. The molecule has 1 aliphatic heterocycles. The van der Waals surface area contributed by atoms with Crippen molar-refractivity contribution in [2.75, 3.05) is 13.1 Å². The predicted octanol–water partition coefficient (Wildman–Crippen LogP) is 1.87. The summed E-state index contributed by atoms with van der Waals surface area (Å²) in [4.78, 5) is 25.4. The lowest BCUT2D eigenvalue weighted by Gasteiger charge is -2.20. The molecule has 17 heavy (non-hydrogen) atoms. The number of aliphatic carboxylic acids is 1. The quantitative estimate of drug-likeness (QED) is 0.814. The van der Waals surface area contributed by atoms with Gasteiger partial charge in [-0.25, -0.2) is 0 Å². The van der Waals surface area contributed by atoms with Crippen LogP contribution in [-0.2, 0) is 4.79 Å². The third-order valence-corrected chi connectivity index (χ3v) is 3.98. The summed E-state index contributed by atoms with van der Waals surface area (Å²) in [5.74, 6) is -0.665. The zero-order chi connectivity index (χ0) is 12.3. The van der Waals surface area contributed by atoms with Crippen molar-refractivity contribution < 1.29 is 14.7 Å². The van der Waals surface area contributed by atoms with Crippen LogP contribution in [0.1, 0.15) is 28.9 Å². The zero-order valence-electron chi connectivity index (χ0n) is 9.46. The summed E-state index contributed by atoms with van der Waals surface area (Å²) >= 11 is 1.44. The van der Waals surface area contributed by atoms with E-state index in [0.29, 0.717) is 19.4 Å². The van der Waals surface area contributed by atoms with E-state index < -0.39 is 12.0 Å². The van der Waals surface area contributed by atoms with E-state index in [2.05, 4.69) is 0 Å². The van der Waals surface area contributed by atoms with E-state index >= 15 is 0 Å². The van der Waals surface area contributed by atoms with E-state index in [-0.39, 0.29) is 5.78 Å². The maximum atomic E-state index is 11.8. The number of ketones is 1. The highest BCUT2D eigenvalue weighted by molar-refractivity contribution is 7.12. The number of carbonyl (C=O) groups excluding carboxylic acids is 1. The lowest BCUT2D eigenvalue weighted by atomic mass is 10.2.